The SMILES string of the molecule is O=C1OC(c2ccc(O)cc2)(c2ccc(O)cc2)c2ccccc21.[H+].[H-].[K+]. The third-order valence-corrected chi connectivity index (χ3v) is 4.32. The average molecular weight is 359 g/mol. The zero-order valence-corrected chi connectivity index (χ0v) is 16.8. The van der Waals surface area contributed by atoms with Gasteiger partial charge in [-0.3, -0.25) is 0 Å². The van der Waals surface area contributed by atoms with Gasteiger partial charge in [0.1, 0.15) is 11.5 Å². The molecule has 0 fully saturated rings. The Labute approximate surface area is 190 Å². The fraction of sp³-hybridized carbons (Fsp3) is 0.0500. The molecule has 1 heterocycles. The third kappa shape index (κ3) is 2.92. The summed E-state index contributed by atoms with van der Waals surface area (Å²) in [6.07, 6.45) is 0. The second kappa shape index (κ2) is 6.94. The Hall–Kier alpha value is -1.63. The van der Waals surface area contributed by atoms with Gasteiger partial charge in [0.2, 0.25) is 0 Å². The number of carbonyl (C=O) groups is 1. The van der Waals surface area contributed by atoms with Crippen molar-refractivity contribution < 1.29 is 74.0 Å². The van der Waals surface area contributed by atoms with E-state index < -0.39 is 11.6 Å². The van der Waals surface area contributed by atoms with Crippen LogP contribution < -0.4 is 51.4 Å². The zero-order chi connectivity index (χ0) is 16.7. The summed E-state index contributed by atoms with van der Waals surface area (Å²) in [5.41, 5.74) is 1.60. The van der Waals surface area contributed by atoms with Crippen LogP contribution in [0, 0.1) is 0 Å². The van der Waals surface area contributed by atoms with Crippen molar-refractivity contribution in [3.05, 3.63) is 95.1 Å². The van der Waals surface area contributed by atoms with Crippen LogP contribution in [0.2, 0.25) is 0 Å². The molecule has 1 aliphatic rings. The number of phenols is 2. The minimum Gasteiger partial charge on any atom is -1.00 e. The van der Waals surface area contributed by atoms with Gasteiger partial charge in [0.25, 0.3) is 0 Å². The summed E-state index contributed by atoms with van der Waals surface area (Å²) in [7, 11) is 0. The number of carbonyl (C=O) groups excluding carboxylic acids is 1. The molecule has 4 nitrogen and oxygen atoms in total. The molecule has 0 unspecified atom stereocenters. The van der Waals surface area contributed by atoms with Crippen LogP contribution in [0.3, 0.4) is 0 Å². The van der Waals surface area contributed by atoms with Crippen LogP contribution in [0.1, 0.15) is 29.9 Å². The number of fused-ring (bicyclic) bond motifs is 1. The number of aromatic hydroxyl groups is 2. The van der Waals surface area contributed by atoms with E-state index in [1.807, 2.05) is 12.1 Å². The van der Waals surface area contributed by atoms with Crippen molar-refractivity contribution in [2.75, 3.05) is 0 Å². The fourth-order valence-electron chi connectivity index (χ4n) is 3.20. The van der Waals surface area contributed by atoms with E-state index in [-0.39, 0.29) is 65.7 Å². The monoisotopic (exact) mass is 359 g/mol. The molecule has 1 aliphatic heterocycles. The minimum absolute atomic E-state index is 0. The Morgan fingerprint density at radius 1 is 0.800 bits per heavy atom. The summed E-state index contributed by atoms with van der Waals surface area (Å²) >= 11 is 0. The van der Waals surface area contributed by atoms with Gasteiger partial charge in [0.15, 0.2) is 5.60 Å². The summed E-state index contributed by atoms with van der Waals surface area (Å²) in [5, 5.41) is 19.2. The summed E-state index contributed by atoms with van der Waals surface area (Å²) in [5.74, 6) is -0.124. The van der Waals surface area contributed by atoms with Crippen molar-refractivity contribution in [2.24, 2.45) is 0 Å². The first kappa shape index (κ1) is 18.2. The van der Waals surface area contributed by atoms with Crippen LogP contribution in [0.15, 0.2) is 72.8 Å². The quantitative estimate of drug-likeness (QED) is 0.524. The Balaban J connectivity index is 0.00000121. The van der Waals surface area contributed by atoms with Crippen molar-refractivity contribution in [1.29, 1.82) is 0 Å². The maximum Gasteiger partial charge on any atom is 1.00 e. The van der Waals surface area contributed by atoms with E-state index in [2.05, 4.69) is 0 Å². The largest absolute Gasteiger partial charge is 1.00 e. The first-order valence-electron chi connectivity index (χ1n) is 7.53. The van der Waals surface area contributed by atoms with E-state index in [9.17, 15) is 15.0 Å². The summed E-state index contributed by atoms with van der Waals surface area (Å²) in [4.78, 5) is 12.4. The van der Waals surface area contributed by atoms with Gasteiger partial charge in [-0.2, -0.15) is 0 Å². The first-order valence-corrected chi connectivity index (χ1v) is 7.53. The molecule has 4 rings (SSSR count). The van der Waals surface area contributed by atoms with E-state index in [0.717, 1.165) is 16.7 Å². The molecule has 25 heavy (non-hydrogen) atoms. The standard InChI is InChI=1S/C20H14O4.K.H/c21-15-9-5-13(6-10-15)20(14-7-11-16(22)12-8-14)18-4-2-1-3-17(18)19(23)24-20;;/h1-12,21-22H;;/q;+1;-1/p+1. The average Bonchev–Trinajstić information content (AvgIpc) is 2.91. The molecule has 0 bridgehead atoms. The maximum atomic E-state index is 12.4. The van der Waals surface area contributed by atoms with Crippen molar-refractivity contribution in [2.45, 2.75) is 5.60 Å². The molecule has 0 aliphatic carbocycles. The van der Waals surface area contributed by atoms with Gasteiger partial charge in [-0.1, -0.05) is 42.5 Å². The molecule has 0 spiro atoms. The Kier molecular flexibility index (Phi) is 5.04. The first-order chi connectivity index (χ1) is 11.6. The number of hydrogen-bond acceptors (Lipinski definition) is 4. The number of esters is 1. The second-order valence-corrected chi connectivity index (χ2v) is 5.71. The van der Waals surface area contributed by atoms with Crippen molar-refractivity contribution in [3.8, 4) is 11.5 Å². The molecule has 0 aromatic heterocycles. The predicted octanol–water partition coefficient (Wildman–Crippen LogP) is 0.789. The predicted molar refractivity (Wildman–Crippen MR) is 90.2 cm³/mol. The number of ether oxygens (including phenoxy) is 1. The number of rotatable bonds is 2. The number of cyclic esters (lactones) is 1. The van der Waals surface area contributed by atoms with Crippen LogP contribution >= 0.6 is 0 Å². The number of benzene rings is 3. The summed E-state index contributed by atoms with van der Waals surface area (Å²) in [6.45, 7) is 0. The minimum atomic E-state index is -1.10. The molecular formula is C20H16KO4+. The van der Waals surface area contributed by atoms with Gasteiger partial charge >= 0.3 is 58.8 Å². The number of phenolic OH excluding ortho intramolecular Hbond substituents is 2. The summed E-state index contributed by atoms with van der Waals surface area (Å²) < 4.78 is 5.87. The van der Waals surface area contributed by atoms with Gasteiger partial charge in [-0.25, -0.2) is 4.79 Å². The maximum absolute atomic E-state index is 12.4. The second-order valence-electron chi connectivity index (χ2n) is 5.71. The van der Waals surface area contributed by atoms with Crippen molar-refractivity contribution in [3.63, 3.8) is 0 Å². The smallest absolute Gasteiger partial charge is 1.00 e. The van der Waals surface area contributed by atoms with Crippen molar-refractivity contribution >= 4 is 5.97 Å². The molecule has 5 heteroatoms. The van der Waals surface area contributed by atoms with Crippen LogP contribution in [0.5, 0.6) is 11.5 Å². The van der Waals surface area contributed by atoms with E-state index >= 15 is 0 Å². The molecule has 120 valence electrons. The molecule has 3 aromatic rings. The van der Waals surface area contributed by atoms with Gasteiger partial charge < -0.3 is 16.4 Å². The van der Waals surface area contributed by atoms with Crippen molar-refractivity contribution in [1.82, 2.24) is 0 Å². The van der Waals surface area contributed by atoms with Gasteiger partial charge in [-0.05, 0) is 30.3 Å². The van der Waals surface area contributed by atoms with Gasteiger partial charge in [0.05, 0.1) is 5.56 Å². The van der Waals surface area contributed by atoms with E-state index in [0.29, 0.717) is 5.56 Å². The molecule has 0 saturated heterocycles. The fourth-order valence-corrected chi connectivity index (χ4v) is 3.20. The molecule has 2 N–H and O–H groups in total. The molecule has 3 aromatic carbocycles. The molecular weight excluding hydrogens is 343 g/mol. The zero-order valence-electron chi connectivity index (χ0n) is 15.6. The van der Waals surface area contributed by atoms with Crippen LogP contribution in [0.25, 0.3) is 0 Å². The Bertz CT molecular complexity index is 882. The molecule has 0 amide bonds. The van der Waals surface area contributed by atoms with Gasteiger partial charge in [0, 0.05) is 16.7 Å². The van der Waals surface area contributed by atoms with Crippen LogP contribution in [-0.4, -0.2) is 16.2 Å². The van der Waals surface area contributed by atoms with Crippen LogP contribution in [-0.2, 0) is 10.3 Å². The van der Waals surface area contributed by atoms with Crippen LogP contribution in [0.4, 0.5) is 0 Å². The molecule has 0 atom stereocenters. The molecule has 0 radical (unpaired) electrons. The van der Waals surface area contributed by atoms with Gasteiger partial charge in [-0.15, -0.1) is 0 Å². The normalized spacial score (nSPS) is 14.3. The molecule has 0 saturated carbocycles. The van der Waals surface area contributed by atoms with E-state index in [1.54, 1.807) is 60.7 Å². The van der Waals surface area contributed by atoms with E-state index in [1.165, 1.54) is 0 Å². The number of hydrogen-bond donors (Lipinski definition) is 2. The Morgan fingerprint density at radius 3 is 1.80 bits per heavy atom. The topological polar surface area (TPSA) is 66.8 Å². The Morgan fingerprint density at radius 2 is 1.28 bits per heavy atom. The third-order valence-electron chi connectivity index (χ3n) is 4.32. The van der Waals surface area contributed by atoms with E-state index in [4.69, 9.17) is 4.74 Å². The summed E-state index contributed by atoms with van der Waals surface area (Å²) in [6, 6.07) is 20.4.